The zero-order chi connectivity index (χ0) is 14.4. The smallest absolute Gasteiger partial charge is 0.261 e. The van der Waals surface area contributed by atoms with Gasteiger partial charge in [0.15, 0.2) is 0 Å². The predicted molar refractivity (Wildman–Crippen MR) is 79.2 cm³/mol. The molecule has 1 aromatic heterocycles. The molecule has 1 amide bonds. The van der Waals surface area contributed by atoms with E-state index in [-0.39, 0.29) is 12.5 Å². The zero-order valence-electron chi connectivity index (χ0n) is 11.8. The van der Waals surface area contributed by atoms with Crippen LogP contribution in [0.4, 0.5) is 0 Å². The van der Waals surface area contributed by atoms with Gasteiger partial charge in [0.2, 0.25) is 0 Å². The van der Waals surface area contributed by atoms with Crippen LogP contribution in [0.25, 0.3) is 0 Å². The van der Waals surface area contributed by atoms with Gasteiger partial charge in [-0.05, 0) is 31.7 Å². The van der Waals surface area contributed by atoms with Gasteiger partial charge in [0.05, 0.1) is 6.54 Å². The van der Waals surface area contributed by atoms with Crippen molar-refractivity contribution in [1.82, 2.24) is 9.88 Å². The third-order valence-electron chi connectivity index (χ3n) is 2.96. The van der Waals surface area contributed by atoms with Crippen LogP contribution < -0.4 is 10.8 Å². The number of hydrogen-bond acceptors (Lipinski definition) is 2. The Morgan fingerprint density at radius 3 is 2.65 bits per heavy atom. The molecule has 2 aromatic rings. The fraction of sp³-hybridized carbons (Fsp3) is 0.250. The van der Waals surface area contributed by atoms with Gasteiger partial charge in [-0.1, -0.05) is 35.9 Å². The van der Waals surface area contributed by atoms with Crippen LogP contribution >= 0.6 is 0 Å². The Morgan fingerprint density at radius 2 is 1.95 bits per heavy atom. The molecule has 0 atom stereocenters. The normalized spacial score (nSPS) is 11.6. The summed E-state index contributed by atoms with van der Waals surface area (Å²) in [6.45, 7) is 3.02. The summed E-state index contributed by atoms with van der Waals surface area (Å²) in [5, 5.41) is 2.81. The van der Waals surface area contributed by atoms with Crippen molar-refractivity contribution in [2.24, 2.45) is 4.99 Å². The van der Waals surface area contributed by atoms with Crippen molar-refractivity contribution in [2.45, 2.75) is 13.5 Å². The Bertz CT molecular complexity index is 641. The van der Waals surface area contributed by atoms with Crippen LogP contribution in [0.1, 0.15) is 11.1 Å². The van der Waals surface area contributed by atoms with Crippen molar-refractivity contribution >= 4 is 5.91 Å². The summed E-state index contributed by atoms with van der Waals surface area (Å²) in [4.78, 5) is 15.7. The molecule has 4 heteroatoms. The van der Waals surface area contributed by atoms with E-state index >= 15 is 0 Å². The maximum absolute atomic E-state index is 11.6. The van der Waals surface area contributed by atoms with E-state index in [1.54, 1.807) is 7.05 Å². The summed E-state index contributed by atoms with van der Waals surface area (Å²) >= 11 is 0. The number of aromatic nitrogens is 1. The molecule has 0 unspecified atom stereocenters. The van der Waals surface area contributed by atoms with E-state index in [1.165, 1.54) is 11.1 Å². The molecule has 0 saturated carbocycles. The first-order chi connectivity index (χ1) is 9.69. The highest BCUT2D eigenvalue weighted by molar-refractivity contribution is 5.78. The van der Waals surface area contributed by atoms with Crippen molar-refractivity contribution in [3.05, 3.63) is 65.3 Å². The van der Waals surface area contributed by atoms with Gasteiger partial charge in [-0.25, -0.2) is 0 Å². The number of carbonyl (C=O) groups is 1. The maximum atomic E-state index is 11.6. The van der Waals surface area contributed by atoms with Gasteiger partial charge in [0, 0.05) is 12.7 Å². The molecule has 0 aliphatic heterocycles. The molecule has 0 aliphatic rings. The molecule has 0 spiro atoms. The summed E-state index contributed by atoms with van der Waals surface area (Å²) in [5.41, 5.74) is 3.10. The quantitative estimate of drug-likeness (QED) is 0.914. The topological polar surface area (TPSA) is 46.4 Å². The van der Waals surface area contributed by atoms with Gasteiger partial charge < -0.3 is 9.88 Å². The van der Waals surface area contributed by atoms with Crippen molar-refractivity contribution < 1.29 is 4.79 Å². The largest absolute Gasteiger partial charge is 0.328 e. The van der Waals surface area contributed by atoms with E-state index in [2.05, 4.69) is 41.5 Å². The second kappa shape index (κ2) is 6.82. The number of hydrogen-bond donors (Lipinski definition) is 1. The average molecular weight is 269 g/mol. The molecule has 20 heavy (non-hydrogen) atoms. The predicted octanol–water partition coefficient (Wildman–Crippen LogP) is 1.49. The van der Waals surface area contributed by atoms with E-state index in [0.717, 1.165) is 0 Å². The highest BCUT2D eigenvalue weighted by Gasteiger charge is 1.99. The van der Waals surface area contributed by atoms with Gasteiger partial charge in [-0.15, -0.1) is 0 Å². The summed E-state index contributed by atoms with van der Waals surface area (Å²) in [7, 11) is 1.73. The summed E-state index contributed by atoms with van der Waals surface area (Å²) in [6, 6.07) is 14.0. The maximum Gasteiger partial charge on any atom is 0.261 e. The Kier molecular flexibility index (Phi) is 4.85. The van der Waals surface area contributed by atoms with Crippen LogP contribution in [0.2, 0.25) is 0 Å². The number of carbonyl (C=O) groups excluding carboxylic acids is 1. The molecule has 0 bridgehead atoms. The molecular formula is C16H19N3O. The first-order valence-electron chi connectivity index (χ1n) is 6.62. The van der Waals surface area contributed by atoms with Gasteiger partial charge in [-0.2, -0.15) is 4.99 Å². The fourth-order valence-electron chi connectivity index (χ4n) is 1.91. The highest BCUT2D eigenvalue weighted by Crippen LogP contribution is 2.04. The van der Waals surface area contributed by atoms with E-state index in [4.69, 9.17) is 0 Å². The third kappa shape index (κ3) is 3.90. The van der Waals surface area contributed by atoms with E-state index < -0.39 is 0 Å². The number of benzene rings is 1. The number of amides is 1. The molecule has 104 valence electrons. The van der Waals surface area contributed by atoms with Gasteiger partial charge in [0.25, 0.3) is 5.91 Å². The number of nitrogens with zero attached hydrogens (tertiary/aromatic N) is 2. The lowest BCUT2D eigenvalue weighted by molar-refractivity contribution is -0.117. The molecule has 2 rings (SSSR count). The van der Waals surface area contributed by atoms with Crippen molar-refractivity contribution in [3.8, 4) is 0 Å². The zero-order valence-corrected chi connectivity index (χ0v) is 11.8. The lowest BCUT2D eigenvalue weighted by Crippen LogP contribution is -2.25. The minimum Gasteiger partial charge on any atom is -0.328 e. The fourth-order valence-corrected chi connectivity index (χ4v) is 1.91. The van der Waals surface area contributed by atoms with E-state index in [0.29, 0.717) is 12.0 Å². The van der Waals surface area contributed by atoms with Crippen molar-refractivity contribution in [1.29, 1.82) is 0 Å². The van der Waals surface area contributed by atoms with Crippen LogP contribution in [-0.2, 0) is 11.3 Å². The Hall–Kier alpha value is -2.20. The molecule has 0 aliphatic carbocycles. The van der Waals surface area contributed by atoms with Gasteiger partial charge >= 0.3 is 0 Å². The molecule has 0 fully saturated rings. The molecule has 0 saturated heterocycles. The van der Waals surface area contributed by atoms with Gasteiger partial charge in [0.1, 0.15) is 5.49 Å². The Labute approximate surface area is 118 Å². The molecule has 1 heterocycles. The van der Waals surface area contributed by atoms with Crippen LogP contribution in [0.3, 0.4) is 0 Å². The summed E-state index contributed by atoms with van der Waals surface area (Å²) < 4.78 is 1.97. The number of rotatable bonds is 4. The third-order valence-corrected chi connectivity index (χ3v) is 2.96. The van der Waals surface area contributed by atoms with Crippen LogP contribution in [0, 0.1) is 6.92 Å². The first kappa shape index (κ1) is 14.2. The summed E-state index contributed by atoms with van der Waals surface area (Å²) in [6.07, 6.45) is 1.94. The van der Waals surface area contributed by atoms with E-state index in [1.807, 2.05) is 29.0 Å². The summed E-state index contributed by atoms with van der Waals surface area (Å²) in [5.74, 6) is -0.170. The number of pyridine rings is 1. The first-order valence-corrected chi connectivity index (χ1v) is 6.62. The molecule has 1 N–H and O–H groups in total. The molecule has 1 aromatic carbocycles. The minimum absolute atomic E-state index is 0.170. The van der Waals surface area contributed by atoms with Crippen LogP contribution in [0.15, 0.2) is 53.7 Å². The molecule has 0 radical (unpaired) electrons. The van der Waals surface area contributed by atoms with Gasteiger partial charge in [-0.3, -0.25) is 4.79 Å². The Morgan fingerprint density at radius 1 is 1.20 bits per heavy atom. The lowest BCUT2D eigenvalue weighted by Gasteiger charge is -2.07. The molecule has 4 nitrogen and oxygen atoms in total. The molecular weight excluding hydrogens is 250 g/mol. The van der Waals surface area contributed by atoms with Crippen molar-refractivity contribution in [2.75, 3.05) is 13.6 Å². The highest BCUT2D eigenvalue weighted by atomic mass is 16.1. The average Bonchev–Trinajstić information content (AvgIpc) is 2.44. The monoisotopic (exact) mass is 269 g/mol. The number of nitrogens with one attached hydrogen (secondary N) is 1. The Balaban J connectivity index is 2.28. The second-order valence-electron chi connectivity index (χ2n) is 4.71. The van der Waals surface area contributed by atoms with E-state index in [9.17, 15) is 4.79 Å². The van der Waals surface area contributed by atoms with Crippen LogP contribution in [-0.4, -0.2) is 24.1 Å². The lowest BCUT2D eigenvalue weighted by atomic mass is 10.1. The standard InChI is InChI=1S/C16H19N3O/c1-13-6-8-14(9-7-13)12-19-10-4-3-5-15(19)18-16(20)11-17-2/h3-10,17H,11-12H2,1-2H3. The van der Waals surface area contributed by atoms with Crippen LogP contribution in [0.5, 0.6) is 0 Å². The minimum atomic E-state index is -0.170. The van der Waals surface area contributed by atoms with Crippen molar-refractivity contribution in [3.63, 3.8) is 0 Å². The number of likely N-dealkylation sites (N-methyl/N-ethyl adjacent to an activating group) is 1. The second-order valence-corrected chi connectivity index (χ2v) is 4.71. The number of aryl methyl sites for hydroxylation is 1. The SMILES string of the molecule is CNCC(=O)N=c1ccccn1Cc1ccc(C)cc1.